The first-order valence-electron chi connectivity index (χ1n) is 8.20. The molecule has 0 unspecified atom stereocenters. The third kappa shape index (κ3) is 3.41. The van der Waals surface area contributed by atoms with Gasteiger partial charge >= 0.3 is 0 Å². The summed E-state index contributed by atoms with van der Waals surface area (Å²) in [7, 11) is 0. The first-order chi connectivity index (χ1) is 11.0. The van der Waals surface area contributed by atoms with Crippen LogP contribution < -0.4 is 5.32 Å². The van der Waals surface area contributed by atoms with E-state index in [0.717, 1.165) is 18.4 Å². The van der Waals surface area contributed by atoms with Gasteiger partial charge in [0.05, 0.1) is 0 Å². The number of rotatable bonds is 5. The Bertz CT molecular complexity index is 661. The lowest BCUT2D eigenvalue weighted by atomic mass is 9.81. The highest BCUT2D eigenvalue weighted by Gasteiger charge is 2.32. The molecule has 1 saturated carbocycles. The monoisotopic (exact) mass is 313 g/mol. The van der Waals surface area contributed by atoms with Crippen LogP contribution in [0.3, 0.4) is 0 Å². The van der Waals surface area contributed by atoms with Gasteiger partial charge in [0.1, 0.15) is 0 Å². The van der Waals surface area contributed by atoms with Crippen LogP contribution in [0.1, 0.15) is 39.7 Å². The maximum Gasteiger partial charge on any atom is 0.247 e. The standard InChI is InChI=1S/C17H23N5O/c1-11(2)15(17(23)18-14-9-12(3)10-14)22-20-16(19-21-22)13-7-5-4-6-8-13/h4-8,11-12,14-15H,9-10H2,1-3H3,(H,18,23)/t12?,14?,15-/m0/s1. The summed E-state index contributed by atoms with van der Waals surface area (Å²) >= 11 is 0. The number of hydrogen-bond acceptors (Lipinski definition) is 4. The van der Waals surface area contributed by atoms with Crippen molar-refractivity contribution >= 4 is 5.91 Å². The number of carbonyl (C=O) groups excluding carboxylic acids is 1. The van der Waals surface area contributed by atoms with Gasteiger partial charge in [0.2, 0.25) is 11.7 Å². The molecule has 0 bridgehead atoms. The molecule has 2 aromatic rings. The molecule has 1 atom stereocenters. The molecule has 1 aliphatic carbocycles. The van der Waals surface area contributed by atoms with Crippen LogP contribution in [-0.2, 0) is 4.79 Å². The third-order valence-electron chi connectivity index (χ3n) is 4.33. The Hall–Kier alpha value is -2.24. The molecular formula is C17H23N5O. The summed E-state index contributed by atoms with van der Waals surface area (Å²) in [6.07, 6.45) is 2.10. The van der Waals surface area contributed by atoms with Gasteiger partial charge in [-0.25, -0.2) is 0 Å². The van der Waals surface area contributed by atoms with Crippen molar-refractivity contribution in [2.24, 2.45) is 11.8 Å². The minimum absolute atomic E-state index is 0.0195. The zero-order valence-electron chi connectivity index (χ0n) is 13.8. The smallest absolute Gasteiger partial charge is 0.247 e. The SMILES string of the molecule is CC1CC(NC(=O)[C@H](C(C)C)n2nnc(-c3ccccc3)n2)C1. The summed E-state index contributed by atoms with van der Waals surface area (Å²) in [6.45, 7) is 6.20. The number of amides is 1. The predicted molar refractivity (Wildman–Crippen MR) is 87.5 cm³/mol. The van der Waals surface area contributed by atoms with E-state index in [9.17, 15) is 4.79 Å². The van der Waals surface area contributed by atoms with Gasteiger partial charge in [0.25, 0.3) is 0 Å². The number of tetrazole rings is 1. The zero-order valence-corrected chi connectivity index (χ0v) is 13.8. The molecule has 23 heavy (non-hydrogen) atoms. The van der Waals surface area contributed by atoms with E-state index in [4.69, 9.17) is 0 Å². The molecule has 1 heterocycles. The van der Waals surface area contributed by atoms with Crippen LogP contribution in [-0.4, -0.2) is 32.2 Å². The van der Waals surface area contributed by atoms with Gasteiger partial charge in [-0.05, 0) is 29.9 Å². The van der Waals surface area contributed by atoms with Crippen LogP contribution in [0, 0.1) is 11.8 Å². The number of nitrogens with one attached hydrogen (secondary N) is 1. The van der Waals surface area contributed by atoms with E-state index in [0.29, 0.717) is 11.7 Å². The van der Waals surface area contributed by atoms with Crippen molar-refractivity contribution in [3.63, 3.8) is 0 Å². The van der Waals surface area contributed by atoms with E-state index in [-0.39, 0.29) is 17.9 Å². The Kier molecular flexibility index (Phi) is 4.41. The van der Waals surface area contributed by atoms with Crippen molar-refractivity contribution in [3.8, 4) is 11.4 Å². The van der Waals surface area contributed by atoms with Gasteiger partial charge < -0.3 is 5.32 Å². The van der Waals surface area contributed by atoms with Crippen molar-refractivity contribution in [2.45, 2.75) is 45.7 Å². The maximum atomic E-state index is 12.6. The molecule has 1 aromatic carbocycles. The Labute approximate surface area is 136 Å². The molecule has 1 aromatic heterocycles. The van der Waals surface area contributed by atoms with Crippen molar-refractivity contribution < 1.29 is 4.79 Å². The number of hydrogen-bond donors (Lipinski definition) is 1. The largest absolute Gasteiger partial charge is 0.351 e. The van der Waals surface area contributed by atoms with Crippen LogP contribution in [0.25, 0.3) is 11.4 Å². The molecule has 3 rings (SSSR count). The summed E-state index contributed by atoms with van der Waals surface area (Å²) in [6, 6.07) is 9.52. The lowest BCUT2D eigenvalue weighted by Crippen LogP contribution is -2.47. The lowest BCUT2D eigenvalue weighted by Gasteiger charge is -2.34. The van der Waals surface area contributed by atoms with Crippen LogP contribution >= 0.6 is 0 Å². The van der Waals surface area contributed by atoms with Crippen LogP contribution in [0.4, 0.5) is 0 Å². The molecule has 0 spiro atoms. The Morgan fingerprint density at radius 2 is 1.96 bits per heavy atom. The number of carbonyl (C=O) groups is 1. The molecule has 0 aliphatic heterocycles. The summed E-state index contributed by atoms with van der Waals surface area (Å²) < 4.78 is 0. The molecule has 1 amide bonds. The van der Waals surface area contributed by atoms with Gasteiger partial charge in [-0.3, -0.25) is 4.79 Å². The van der Waals surface area contributed by atoms with E-state index in [1.807, 2.05) is 44.2 Å². The molecule has 1 N–H and O–H groups in total. The third-order valence-corrected chi connectivity index (χ3v) is 4.33. The average molecular weight is 313 g/mol. The lowest BCUT2D eigenvalue weighted by molar-refractivity contribution is -0.127. The molecule has 122 valence electrons. The van der Waals surface area contributed by atoms with Gasteiger partial charge in [0, 0.05) is 11.6 Å². The highest BCUT2D eigenvalue weighted by molar-refractivity contribution is 5.80. The number of benzene rings is 1. The Morgan fingerprint density at radius 3 is 2.57 bits per heavy atom. The van der Waals surface area contributed by atoms with E-state index < -0.39 is 6.04 Å². The van der Waals surface area contributed by atoms with E-state index >= 15 is 0 Å². The molecular weight excluding hydrogens is 290 g/mol. The molecule has 1 fully saturated rings. The van der Waals surface area contributed by atoms with E-state index in [1.54, 1.807) is 0 Å². The van der Waals surface area contributed by atoms with E-state index in [1.165, 1.54) is 4.80 Å². The van der Waals surface area contributed by atoms with Crippen molar-refractivity contribution in [1.82, 2.24) is 25.5 Å². The Morgan fingerprint density at radius 1 is 1.26 bits per heavy atom. The maximum absolute atomic E-state index is 12.6. The van der Waals surface area contributed by atoms with E-state index in [2.05, 4.69) is 27.7 Å². The molecule has 1 aliphatic rings. The first-order valence-corrected chi connectivity index (χ1v) is 8.20. The summed E-state index contributed by atoms with van der Waals surface area (Å²) in [5, 5.41) is 15.7. The highest BCUT2D eigenvalue weighted by atomic mass is 16.2. The normalized spacial score (nSPS) is 21.7. The minimum atomic E-state index is -0.434. The highest BCUT2D eigenvalue weighted by Crippen LogP contribution is 2.27. The zero-order chi connectivity index (χ0) is 16.4. The summed E-state index contributed by atoms with van der Waals surface area (Å²) in [5.74, 6) is 1.31. The van der Waals surface area contributed by atoms with Crippen molar-refractivity contribution in [3.05, 3.63) is 30.3 Å². The number of aromatic nitrogens is 4. The van der Waals surface area contributed by atoms with Gasteiger partial charge in [0.15, 0.2) is 6.04 Å². The van der Waals surface area contributed by atoms with Gasteiger partial charge in [-0.2, -0.15) is 4.80 Å². The van der Waals surface area contributed by atoms with Crippen LogP contribution in [0.5, 0.6) is 0 Å². The minimum Gasteiger partial charge on any atom is -0.351 e. The fraction of sp³-hybridized carbons (Fsp3) is 0.529. The summed E-state index contributed by atoms with van der Waals surface area (Å²) in [4.78, 5) is 14.0. The predicted octanol–water partition coefficient (Wildman–Crippen LogP) is 2.45. The first kappa shape index (κ1) is 15.6. The fourth-order valence-electron chi connectivity index (χ4n) is 3.03. The average Bonchev–Trinajstić information content (AvgIpc) is 2.96. The Balaban J connectivity index is 1.76. The van der Waals surface area contributed by atoms with Crippen LogP contribution in [0.2, 0.25) is 0 Å². The molecule has 0 radical (unpaired) electrons. The van der Waals surface area contributed by atoms with Crippen LogP contribution in [0.15, 0.2) is 30.3 Å². The second kappa shape index (κ2) is 6.48. The van der Waals surface area contributed by atoms with Gasteiger partial charge in [-0.15, -0.1) is 10.2 Å². The topological polar surface area (TPSA) is 72.7 Å². The second-order valence-corrected chi connectivity index (χ2v) is 6.77. The number of nitrogens with zero attached hydrogens (tertiary/aromatic N) is 4. The quantitative estimate of drug-likeness (QED) is 0.920. The molecule has 0 saturated heterocycles. The second-order valence-electron chi connectivity index (χ2n) is 6.77. The van der Waals surface area contributed by atoms with Crippen molar-refractivity contribution in [2.75, 3.05) is 0 Å². The summed E-state index contributed by atoms with van der Waals surface area (Å²) in [5.41, 5.74) is 0.898. The fourth-order valence-corrected chi connectivity index (χ4v) is 3.03. The molecule has 6 heteroatoms. The van der Waals surface area contributed by atoms with Gasteiger partial charge in [-0.1, -0.05) is 51.1 Å². The molecule has 6 nitrogen and oxygen atoms in total. The van der Waals surface area contributed by atoms with Crippen molar-refractivity contribution in [1.29, 1.82) is 0 Å².